The number of Topliss-reactive ketones (excluding diaryl/α,β-unsaturated/α-hetero) is 1. The summed E-state index contributed by atoms with van der Waals surface area (Å²) in [5, 5.41) is 2.39. The predicted molar refractivity (Wildman–Crippen MR) is 90.0 cm³/mol. The Morgan fingerprint density at radius 3 is 2.04 bits per heavy atom. The van der Waals surface area contributed by atoms with E-state index in [-0.39, 0.29) is 11.3 Å². The lowest BCUT2D eigenvalue weighted by molar-refractivity contribution is 0.0319. The van der Waals surface area contributed by atoms with E-state index in [0.717, 1.165) is 5.56 Å². The lowest BCUT2D eigenvalue weighted by Gasteiger charge is -2.13. The SMILES string of the molecule is Cc1ccc(C(=O)C(C)OC(=O)c2ccc(NC(N)=O)cc2)cc1. The zero-order valence-corrected chi connectivity index (χ0v) is 13.4. The normalized spacial score (nSPS) is 11.4. The molecule has 1 atom stereocenters. The molecule has 0 fully saturated rings. The summed E-state index contributed by atoms with van der Waals surface area (Å²) < 4.78 is 5.20. The van der Waals surface area contributed by atoms with Crippen molar-refractivity contribution in [2.45, 2.75) is 20.0 Å². The van der Waals surface area contributed by atoms with Crippen LogP contribution in [0.5, 0.6) is 0 Å². The summed E-state index contributed by atoms with van der Waals surface area (Å²) in [6, 6.07) is 12.4. The highest BCUT2D eigenvalue weighted by atomic mass is 16.5. The minimum Gasteiger partial charge on any atom is -0.451 e. The molecule has 0 aliphatic rings. The van der Waals surface area contributed by atoms with Crippen LogP contribution in [-0.2, 0) is 4.74 Å². The maximum atomic E-state index is 12.3. The molecular formula is C18H18N2O4. The van der Waals surface area contributed by atoms with Crippen LogP contribution in [0.2, 0.25) is 0 Å². The van der Waals surface area contributed by atoms with Gasteiger partial charge in [0.05, 0.1) is 5.56 Å². The van der Waals surface area contributed by atoms with Gasteiger partial charge >= 0.3 is 12.0 Å². The van der Waals surface area contributed by atoms with E-state index in [9.17, 15) is 14.4 Å². The number of rotatable bonds is 5. The van der Waals surface area contributed by atoms with E-state index in [1.807, 2.05) is 19.1 Å². The summed E-state index contributed by atoms with van der Waals surface area (Å²) in [7, 11) is 0. The fraction of sp³-hybridized carbons (Fsp3) is 0.167. The first-order valence-corrected chi connectivity index (χ1v) is 7.35. The molecule has 2 rings (SSSR count). The van der Waals surface area contributed by atoms with E-state index >= 15 is 0 Å². The first-order valence-electron chi connectivity index (χ1n) is 7.35. The highest BCUT2D eigenvalue weighted by molar-refractivity contribution is 6.01. The Balaban J connectivity index is 2.01. The zero-order chi connectivity index (χ0) is 17.7. The average Bonchev–Trinajstić information content (AvgIpc) is 2.55. The first kappa shape index (κ1) is 17.2. The Morgan fingerprint density at radius 1 is 0.958 bits per heavy atom. The second kappa shape index (κ2) is 7.41. The monoisotopic (exact) mass is 326 g/mol. The van der Waals surface area contributed by atoms with Crippen LogP contribution in [0.15, 0.2) is 48.5 Å². The molecule has 0 heterocycles. The predicted octanol–water partition coefficient (Wildman–Crippen LogP) is 2.91. The minimum absolute atomic E-state index is 0.268. The van der Waals surface area contributed by atoms with Crippen molar-refractivity contribution in [1.29, 1.82) is 0 Å². The molecule has 0 radical (unpaired) electrons. The van der Waals surface area contributed by atoms with Crippen molar-refractivity contribution in [3.05, 3.63) is 65.2 Å². The second-order valence-electron chi connectivity index (χ2n) is 5.34. The van der Waals surface area contributed by atoms with Gasteiger partial charge in [-0.3, -0.25) is 4.79 Å². The third-order valence-corrected chi connectivity index (χ3v) is 3.38. The number of urea groups is 1. The molecule has 6 nitrogen and oxygen atoms in total. The van der Waals surface area contributed by atoms with Crippen molar-refractivity contribution < 1.29 is 19.1 Å². The number of ketones is 1. The third kappa shape index (κ3) is 4.42. The number of carbonyl (C=O) groups excluding carboxylic acids is 3. The van der Waals surface area contributed by atoms with Crippen LogP contribution in [0, 0.1) is 6.92 Å². The van der Waals surface area contributed by atoms with E-state index in [2.05, 4.69) is 5.32 Å². The number of hydrogen-bond acceptors (Lipinski definition) is 4. The summed E-state index contributed by atoms with van der Waals surface area (Å²) in [4.78, 5) is 35.1. The van der Waals surface area contributed by atoms with Gasteiger partial charge in [-0.25, -0.2) is 9.59 Å². The molecule has 2 aromatic carbocycles. The molecule has 124 valence electrons. The number of esters is 1. The van der Waals surface area contributed by atoms with Crippen LogP contribution in [-0.4, -0.2) is 23.9 Å². The van der Waals surface area contributed by atoms with Gasteiger partial charge in [-0.05, 0) is 38.1 Å². The van der Waals surface area contributed by atoms with Crippen LogP contribution in [0.1, 0.15) is 33.2 Å². The maximum absolute atomic E-state index is 12.3. The van der Waals surface area contributed by atoms with Crippen molar-refractivity contribution in [3.8, 4) is 0 Å². The first-order chi connectivity index (χ1) is 11.4. The Labute approximate surface area is 139 Å². The summed E-state index contributed by atoms with van der Waals surface area (Å²) in [6.07, 6.45) is -0.899. The Bertz CT molecular complexity index is 752. The fourth-order valence-electron chi connectivity index (χ4n) is 2.07. The van der Waals surface area contributed by atoms with Crippen molar-refractivity contribution in [1.82, 2.24) is 0 Å². The molecule has 0 aliphatic heterocycles. The number of nitrogens with one attached hydrogen (secondary N) is 1. The van der Waals surface area contributed by atoms with Gasteiger partial charge < -0.3 is 15.8 Å². The van der Waals surface area contributed by atoms with Crippen LogP contribution < -0.4 is 11.1 Å². The molecule has 0 aromatic heterocycles. The van der Waals surface area contributed by atoms with Crippen LogP contribution in [0.4, 0.5) is 10.5 Å². The molecule has 3 N–H and O–H groups in total. The number of anilines is 1. The van der Waals surface area contributed by atoms with E-state index in [1.165, 1.54) is 31.2 Å². The van der Waals surface area contributed by atoms with Gasteiger partial charge in [0, 0.05) is 11.3 Å². The van der Waals surface area contributed by atoms with Gasteiger partial charge in [-0.2, -0.15) is 0 Å². The highest BCUT2D eigenvalue weighted by Crippen LogP contribution is 2.13. The summed E-state index contributed by atoms with van der Waals surface area (Å²) in [5.41, 5.74) is 7.27. The van der Waals surface area contributed by atoms with Crippen LogP contribution in [0.3, 0.4) is 0 Å². The molecule has 2 aromatic rings. The Hall–Kier alpha value is -3.15. The number of ether oxygens (including phenoxy) is 1. The molecule has 0 saturated carbocycles. The minimum atomic E-state index is -0.899. The highest BCUT2D eigenvalue weighted by Gasteiger charge is 2.20. The molecule has 6 heteroatoms. The molecular weight excluding hydrogens is 308 g/mol. The number of hydrogen-bond donors (Lipinski definition) is 2. The van der Waals surface area contributed by atoms with Crippen molar-refractivity contribution in [2.24, 2.45) is 5.73 Å². The largest absolute Gasteiger partial charge is 0.451 e. The molecule has 2 amide bonds. The lowest BCUT2D eigenvalue weighted by Crippen LogP contribution is -2.24. The molecule has 0 aliphatic carbocycles. The summed E-state index contributed by atoms with van der Waals surface area (Å²) in [5.74, 6) is -0.885. The van der Waals surface area contributed by atoms with E-state index < -0.39 is 18.1 Å². The quantitative estimate of drug-likeness (QED) is 0.652. The van der Waals surface area contributed by atoms with Gasteiger partial charge in [0.25, 0.3) is 0 Å². The van der Waals surface area contributed by atoms with E-state index in [1.54, 1.807) is 12.1 Å². The zero-order valence-electron chi connectivity index (χ0n) is 13.4. The van der Waals surface area contributed by atoms with Crippen LogP contribution >= 0.6 is 0 Å². The van der Waals surface area contributed by atoms with Gasteiger partial charge in [0.1, 0.15) is 0 Å². The Kier molecular flexibility index (Phi) is 5.31. The second-order valence-corrected chi connectivity index (χ2v) is 5.34. The van der Waals surface area contributed by atoms with Gasteiger partial charge in [-0.15, -0.1) is 0 Å². The maximum Gasteiger partial charge on any atom is 0.338 e. The smallest absolute Gasteiger partial charge is 0.338 e. The number of amides is 2. The standard InChI is InChI=1S/C18H18N2O4/c1-11-3-5-13(6-4-11)16(21)12(2)24-17(22)14-7-9-15(10-8-14)20-18(19)23/h3-10,12H,1-2H3,(H3,19,20,23). The number of primary amides is 1. The number of benzene rings is 2. The molecule has 0 spiro atoms. The average molecular weight is 326 g/mol. The topological polar surface area (TPSA) is 98.5 Å². The number of aryl methyl sites for hydroxylation is 1. The summed E-state index contributed by atoms with van der Waals surface area (Å²) >= 11 is 0. The number of nitrogens with two attached hydrogens (primary N) is 1. The van der Waals surface area contributed by atoms with Crippen molar-refractivity contribution >= 4 is 23.5 Å². The fourth-order valence-corrected chi connectivity index (χ4v) is 2.07. The number of carbonyl (C=O) groups is 3. The third-order valence-electron chi connectivity index (χ3n) is 3.38. The van der Waals surface area contributed by atoms with Crippen molar-refractivity contribution in [3.63, 3.8) is 0 Å². The van der Waals surface area contributed by atoms with Crippen LogP contribution in [0.25, 0.3) is 0 Å². The van der Waals surface area contributed by atoms with Crippen molar-refractivity contribution in [2.75, 3.05) is 5.32 Å². The van der Waals surface area contributed by atoms with E-state index in [0.29, 0.717) is 11.3 Å². The van der Waals surface area contributed by atoms with Gasteiger partial charge in [-0.1, -0.05) is 29.8 Å². The lowest BCUT2D eigenvalue weighted by atomic mass is 10.1. The van der Waals surface area contributed by atoms with Gasteiger partial charge in [0.2, 0.25) is 5.78 Å². The Morgan fingerprint density at radius 2 is 1.50 bits per heavy atom. The molecule has 0 bridgehead atoms. The van der Waals surface area contributed by atoms with E-state index in [4.69, 9.17) is 10.5 Å². The molecule has 0 saturated heterocycles. The van der Waals surface area contributed by atoms with Gasteiger partial charge in [0.15, 0.2) is 6.10 Å². The molecule has 24 heavy (non-hydrogen) atoms. The summed E-state index contributed by atoms with van der Waals surface area (Å²) in [6.45, 7) is 3.46. The molecule has 1 unspecified atom stereocenters.